The molecule has 0 aromatic carbocycles. The Morgan fingerprint density at radius 1 is 1.63 bits per heavy atom. The van der Waals surface area contributed by atoms with Gasteiger partial charge < -0.3 is 5.11 Å². The Hall–Kier alpha value is -0.930. The van der Waals surface area contributed by atoms with Crippen molar-refractivity contribution in [1.29, 1.82) is 0 Å². The molecule has 0 aliphatic heterocycles. The minimum Gasteiger partial charge on any atom is -0.395 e. The standard InChI is InChI=1S/C10H12ClN3O3S2/c1-2-3-13(4-6-15)19(16,17)9-8(11)12-10-14(9)5-7-18-10/h2,5,7,15H,1,3-4,6H2. The third-order valence-corrected chi connectivity index (χ3v) is 5.47. The molecule has 0 amide bonds. The van der Waals surface area contributed by atoms with Crippen molar-refractivity contribution in [2.24, 2.45) is 0 Å². The first-order valence-corrected chi connectivity index (χ1v) is 8.05. The van der Waals surface area contributed by atoms with Gasteiger partial charge in [-0.1, -0.05) is 17.7 Å². The first-order chi connectivity index (χ1) is 9.02. The third-order valence-electron chi connectivity index (χ3n) is 2.44. The number of sulfonamides is 1. The molecule has 0 saturated heterocycles. The number of imidazole rings is 1. The molecular weight excluding hydrogens is 310 g/mol. The number of fused-ring (bicyclic) bond motifs is 1. The van der Waals surface area contributed by atoms with E-state index in [4.69, 9.17) is 16.7 Å². The van der Waals surface area contributed by atoms with Crippen LogP contribution < -0.4 is 0 Å². The van der Waals surface area contributed by atoms with E-state index in [1.165, 1.54) is 21.8 Å². The highest BCUT2D eigenvalue weighted by molar-refractivity contribution is 7.89. The molecule has 2 heterocycles. The lowest BCUT2D eigenvalue weighted by molar-refractivity contribution is 0.260. The summed E-state index contributed by atoms with van der Waals surface area (Å²) in [5, 5.41) is 10.5. The fourth-order valence-corrected chi connectivity index (χ4v) is 4.46. The lowest BCUT2D eigenvalue weighted by atomic mass is 10.6. The fourth-order valence-electron chi connectivity index (χ4n) is 1.66. The van der Waals surface area contributed by atoms with Crippen molar-refractivity contribution in [3.63, 3.8) is 0 Å². The largest absolute Gasteiger partial charge is 0.395 e. The summed E-state index contributed by atoms with van der Waals surface area (Å²) in [6, 6.07) is 0. The lowest BCUT2D eigenvalue weighted by Crippen LogP contribution is -2.34. The van der Waals surface area contributed by atoms with Crippen molar-refractivity contribution in [2.45, 2.75) is 5.03 Å². The Labute approximate surface area is 119 Å². The second-order valence-corrected chi connectivity index (χ2v) is 6.72. The van der Waals surface area contributed by atoms with Gasteiger partial charge in [0.25, 0.3) is 10.0 Å². The average Bonchev–Trinajstić information content (AvgIpc) is 2.87. The molecule has 2 rings (SSSR count). The summed E-state index contributed by atoms with van der Waals surface area (Å²) in [4.78, 5) is 4.50. The number of aliphatic hydroxyl groups is 1. The second kappa shape index (κ2) is 5.59. The molecule has 0 saturated carbocycles. The Morgan fingerprint density at radius 3 is 3.00 bits per heavy atom. The van der Waals surface area contributed by atoms with Crippen LogP contribution in [0, 0.1) is 0 Å². The number of hydrogen-bond acceptors (Lipinski definition) is 5. The molecule has 9 heteroatoms. The Morgan fingerprint density at radius 2 is 2.37 bits per heavy atom. The molecule has 2 aromatic heterocycles. The molecule has 19 heavy (non-hydrogen) atoms. The SMILES string of the molecule is C=CCN(CCO)S(=O)(=O)c1c(Cl)nc2sccn12. The molecule has 0 fully saturated rings. The van der Waals surface area contributed by atoms with Crippen LogP contribution >= 0.6 is 22.9 Å². The molecule has 0 spiro atoms. The molecule has 0 radical (unpaired) electrons. The molecule has 6 nitrogen and oxygen atoms in total. The van der Waals surface area contributed by atoms with E-state index in [1.54, 1.807) is 11.6 Å². The van der Waals surface area contributed by atoms with E-state index in [9.17, 15) is 8.42 Å². The van der Waals surface area contributed by atoms with Crippen molar-refractivity contribution < 1.29 is 13.5 Å². The van der Waals surface area contributed by atoms with Crippen LogP contribution in [0.5, 0.6) is 0 Å². The third kappa shape index (κ3) is 2.54. The molecule has 0 bridgehead atoms. The molecule has 2 aromatic rings. The van der Waals surface area contributed by atoms with Gasteiger partial charge in [0.1, 0.15) is 0 Å². The van der Waals surface area contributed by atoms with Gasteiger partial charge in [-0.2, -0.15) is 4.31 Å². The number of rotatable bonds is 6. The van der Waals surface area contributed by atoms with E-state index in [-0.39, 0.29) is 29.9 Å². The number of aliphatic hydroxyl groups excluding tert-OH is 1. The Bertz CT molecular complexity index is 692. The quantitative estimate of drug-likeness (QED) is 0.812. The van der Waals surface area contributed by atoms with Gasteiger partial charge in [0.2, 0.25) is 0 Å². The number of halogens is 1. The van der Waals surface area contributed by atoms with Gasteiger partial charge >= 0.3 is 0 Å². The zero-order valence-electron chi connectivity index (χ0n) is 9.86. The highest BCUT2D eigenvalue weighted by Gasteiger charge is 2.30. The lowest BCUT2D eigenvalue weighted by Gasteiger charge is -2.19. The number of aromatic nitrogens is 2. The summed E-state index contributed by atoms with van der Waals surface area (Å²) < 4.78 is 27.6. The van der Waals surface area contributed by atoms with Gasteiger partial charge in [-0.15, -0.1) is 17.9 Å². The predicted molar refractivity (Wildman–Crippen MR) is 74.1 cm³/mol. The van der Waals surface area contributed by atoms with Crippen LogP contribution in [-0.4, -0.2) is 46.9 Å². The summed E-state index contributed by atoms with van der Waals surface area (Å²) in [5.74, 6) is 0. The average molecular weight is 322 g/mol. The van der Waals surface area contributed by atoms with Gasteiger partial charge in [-0.05, 0) is 0 Å². The maximum absolute atomic E-state index is 12.5. The minimum atomic E-state index is -3.83. The van der Waals surface area contributed by atoms with E-state index >= 15 is 0 Å². The highest BCUT2D eigenvalue weighted by Crippen LogP contribution is 2.27. The van der Waals surface area contributed by atoms with Crippen LogP contribution in [0.2, 0.25) is 5.15 Å². The van der Waals surface area contributed by atoms with Crippen molar-refractivity contribution in [1.82, 2.24) is 13.7 Å². The van der Waals surface area contributed by atoms with E-state index < -0.39 is 10.0 Å². The van der Waals surface area contributed by atoms with Gasteiger partial charge in [0.05, 0.1) is 6.61 Å². The second-order valence-electron chi connectivity index (χ2n) is 3.64. The van der Waals surface area contributed by atoms with E-state index in [2.05, 4.69) is 11.6 Å². The Kier molecular flexibility index (Phi) is 4.26. The zero-order valence-corrected chi connectivity index (χ0v) is 12.2. The fraction of sp³-hybridized carbons (Fsp3) is 0.300. The van der Waals surface area contributed by atoms with Gasteiger partial charge in [0.15, 0.2) is 15.1 Å². The van der Waals surface area contributed by atoms with E-state index in [0.717, 1.165) is 4.31 Å². The highest BCUT2D eigenvalue weighted by atomic mass is 35.5. The summed E-state index contributed by atoms with van der Waals surface area (Å²) >= 11 is 7.21. The van der Waals surface area contributed by atoms with Crippen molar-refractivity contribution in [2.75, 3.05) is 19.7 Å². The molecule has 104 valence electrons. The molecule has 0 atom stereocenters. The number of hydrogen-bond donors (Lipinski definition) is 1. The smallest absolute Gasteiger partial charge is 0.262 e. The van der Waals surface area contributed by atoms with Crippen molar-refractivity contribution >= 4 is 37.9 Å². The zero-order chi connectivity index (χ0) is 14.0. The number of nitrogens with zero attached hydrogens (tertiary/aromatic N) is 3. The van der Waals surface area contributed by atoms with E-state index in [1.807, 2.05) is 0 Å². The van der Waals surface area contributed by atoms with Gasteiger partial charge in [0, 0.05) is 24.7 Å². The van der Waals surface area contributed by atoms with Crippen molar-refractivity contribution in [3.05, 3.63) is 29.4 Å². The van der Waals surface area contributed by atoms with Crippen LogP contribution in [0.4, 0.5) is 0 Å². The summed E-state index contributed by atoms with van der Waals surface area (Å²) in [7, 11) is -3.83. The minimum absolute atomic E-state index is 0.0257. The predicted octanol–water partition coefficient (Wildman–Crippen LogP) is 1.22. The first-order valence-electron chi connectivity index (χ1n) is 5.35. The van der Waals surface area contributed by atoms with E-state index in [0.29, 0.717) is 4.96 Å². The molecular formula is C10H12ClN3O3S2. The Balaban J connectivity index is 2.56. The van der Waals surface area contributed by atoms with Crippen LogP contribution in [0.1, 0.15) is 0 Å². The molecule has 1 N–H and O–H groups in total. The van der Waals surface area contributed by atoms with Crippen molar-refractivity contribution in [3.8, 4) is 0 Å². The van der Waals surface area contributed by atoms with Crippen LogP contribution in [-0.2, 0) is 10.0 Å². The maximum Gasteiger partial charge on any atom is 0.262 e. The van der Waals surface area contributed by atoms with Gasteiger partial charge in [-0.3, -0.25) is 4.40 Å². The summed E-state index contributed by atoms with van der Waals surface area (Å²) in [5.41, 5.74) is 0. The van der Waals surface area contributed by atoms with Crippen LogP contribution in [0.25, 0.3) is 4.96 Å². The molecule has 0 aliphatic carbocycles. The normalized spacial score (nSPS) is 12.4. The van der Waals surface area contributed by atoms with Gasteiger partial charge in [-0.25, -0.2) is 13.4 Å². The maximum atomic E-state index is 12.5. The first kappa shape index (κ1) is 14.5. The monoisotopic (exact) mass is 321 g/mol. The summed E-state index contributed by atoms with van der Waals surface area (Å²) in [6.07, 6.45) is 3.05. The van der Waals surface area contributed by atoms with Crippen LogP contribution in [0.15, 0.2) is 29.3 Å². The number of thiazole rings is 1. The molecule has 0 aliphatic rings. The topological polar surface area (TPSA) is 74.9 Å². The molecule has 0 unspecified atom stereocenters. The van der Waals surface area contributed by atoms with Crippen LogP contribution in [0.3, 0.4) is 0 Å². The summed E-state index contributed by atoms with van der Waals surface area (Å²) in [6.45, 7) is 3.30.